The van der Waals surface area contributed by atoms with Crippen molar-refractivity contribution in [1.29, 1.82) is 0 Å². The van der Waals surface area contributed by atoms with E-state index in [0.29, 0.717) is 77.4 Å². The zero-order valence-electron chi connectivity index (χ0n) is 74.8. The lowest BCUT2D eigenvalue weighted by Gasteiger charge is -2.25. The summed E-state index contributed by atoms with van der Waals surface area (Å²) in [5, 5.41) is 37.4. The highest BCUT2D eigenvalue weighted by Gasteiger charge is 2.27. The predicted octanol–water partition coefficient (Wildman–Crippen LogP) is 27.3. The van der Waals surface area contributed by atoms with E-state index < -0.39 is 11.9 Å². The number of ether oxygens (including phenoxy) is 7. The Hall–Kier alpha value is -11.2. The molecule has 0 heterocycles. The molecular formula is C105H130ClF3O15. The number of alkyl halides is 1. The first-order chi connectivity index (χ1) is 58.4. The van der Waals surface area contributed by atoms with Crippen molar-refractivity contribution >= 4 is 35.5 Å². The summed E-state index contributed by atoms with van der Waals surface area (Å²) in [4.78, 5) is 45.1. The molecule has 0 radical (unpaired) electrons. The molecule has 0 bridgehead atoms. The molecule has 0 amide bonds. The molecule has 0 spiro atoms. The Balaban J connectivity index is 0.000000286. The second-order valence-electron chi connectivity index (χ2n) is 33.7. The SMILES string of the molecule is C.CCC[C@@H](CC(=O)O)c1cccc(OCc2ccc(-c3cc(OC)ccc3F)c(C(C)(C)C)c2)c1.CCC[C@@H](CC(=O)OC)c1cccc(O)c1.CCC[C@H](CC(=O)O)c1cccc(OCc2ccc(-c3cc(OC)ccc3F)c(C(C)(C)C)c2)c1.CCC[C@H](CC(=O)OC)c1cccc(O)c1.COc1ccc(F)c(-c2ccc(CCl)cc2C(C)(C)C)c1. The van der Waals surface area contributed by atoms with Crippen LogP contribution in [0.1, 0.15) is 254 Å². The third-order valence-corrected chi connectivity index (χ3v) is 21.4. The van der Waals surface area contributed by atoms with Gasteiger partial charge < -0.3 is 53.6 Å². The predicted molar refractivity (Wildman–Crippen MR) is 494 cm³/mol. The molecule has 19 heteroatoms. The second kappa shape index (κ2) is 50.5. The summed E-state index contributed by atoms with van der Waals surface area (Å²) in [6.07, 6.45) is 8.23. The fraction of sp³-hybridized carbons (Fsp3) is 0.390. The minimum atomic E-state index is -0.794. The lowest BCUT2D eigenvalue weighted by molar-refractivity contribution is -0.142. The Bertz CT molecular complexity index is 4780. The Morgan fingerprint density at radius 1 is 0.347 bits per heavy atom. The topological polar surface area (TPSA) is 214 Å². The average Bonchev–Trinajstić information content (AvgIpc) is 0.789. The Kier molecular flexibility index (Phi) is 42.1. The van der Waals surface area contributed by atoms with Gasteiger partial charge in [-0.05, 0) is 241 Å². The highest BCUT2D eigenvalue weighted by Crippen LogP contribution is 2.42. The van der Waals surface area contributed by atoms with E-state index in [9.17, 15) is 52.8 Å². The van der Waals surface area contributed by atoms with Crippen LogP contribution in [0.3, 0.4) is 0 Å². The molecule has 10 rings (SSSR count). The van der Waals surface area contributed by atoms with Crippen LogP contribution in [0, 0.1) is 17.5 Å². The minimum Gasteiger partial charge on any atom is -0.508 e. The number of benzene rings is 10. The quantitative estimate of drug-likeness (QED) is 0.0222. The molecule has 0 aliphatic rings. The molecule has 0 fully saturated rings. The van der Waals surface area contributed by atoms with Crippen molar-refractivity contribution in [2.75, 3.05) is 35.5 Å². The number of hydrogen-bond acceptors (Lipinski definition) is 13. The number of carbonyl (C=O) groups excluding carboxylic acids is 2. The van der Waals surface area contributed by atoms with Gasteiger partial charge in [-0.1, -0.05) is 226 Å². The number of aromatic hydroxyl groups is 2. The van der Waals surface area contributed by atoms with Crippen molar-refractivity contribution < 1.29 is 85.9 Å². The van der Waals surface area contributed by atoms with Crippen LogP contribution in [-0.4, -0.2) is 79.9 Å². The third kappa shape index (κ3) is 32.5. The largest absolute Gasteiger partial charge is 0.508 e. The highest BCUT2D eigenvalue weighted by molar-refractivity contribution is 6.17. The lowest BCUT2D eigenvalue weighted by Crippen LogP contribution is -2.14. The summed E-state index contributed by atoms with van der Waals surface area (Å²) < 4.78 is 81.1. The van der Waals surface area contributed by atoms with Crippen molar-refractivity contribution in [3.8, 4) is 73.6 Å². The number of aliphatic carboxylic acids is 2. The van der Waals surface area contributed by atoms with Gasteiger partial charge in [0.1, 0.15) is 70.9 Å². The van der Waals surface area contributed by atoms with Gasteiger partial charge in [-0.3, -0.25) is 19.2 Å². The number of carboxylic acids is 2. The van der Waals surface area contributed by atoms with E-state index in [4.69, 9.17) is 35.3 Å². The first kappa shape index (κ1) is 103. The number of phenols is 2. The average molecular weight is 1720 g/mol. The number of rotatable bonds is 33. The van der Waals surface area contributed by atoms with Crippen LogP contribution in [0.5, 0.6) is 40.2 Å². The van der Waals surface area contributed by atoms with Crippen LogP contribution in [0.2, 0.25) is 0 Å². The molecule has 10 aromatic carbocycles. The molecule has 4 N–H and O–H groups in total. The Labute approximate surface area is 739 Å². The van der Waals surface area contributed by atoms with Crippen molar-refractivity contribution in [3.05, 3.63) is 279 Å². The molecule has 4 atom stereocenters. The van der Waals surface area contributed by atoms with E-state index in [0.717, 1.165) is 124 Å². The smallest absolute Gasteiger partial charge is 0.306 e. The maximum Gasteiger partial charge on any atom is 0.306 e. The molecule has 0 saturated carbocycles. The van der Waals surface area contributed by atoms with Crippen LogP contribution in [-0.2, 0) is 64.0 Å². The van der Waals surface area contributed by atoms with Gasteiger partial charge in [-0.15, -0.1) is 11.6 Å². The molecule has 668 valence electrons. The van der Waals surface area contributed by atoms with Gasteiger partial charge in [0.15, 0.2) is 0 Å². The second-order valence-corrected chi connectivity index (χ2v) is 33.9. The van der Waals surface area contributed by atoms with Crippen LogP contribution in [0.4, 0.5) is 13.2 Å². The number of hydrogen-bond donors (Lipinski definition) is 4. The van der Waals surface area contributed by atoms with Gasteiger partial charge in [0.05, 0.1) is 61.2 Å². The fourth-order valence-corrected chi connectivity index (χ4v) is 14.8. The number of esters is 2. The molecular weight excluding hydrogens is 1590 g/mol. The maximum atomic E-state index is 14.7. The Morgan fingerprint density at radius 3 is 0.895 bits per heavy atom. The van der Waals surface area contributed by atoms with Crippen LogP contribution in [0.25, 0.3) is 33.4 Å². The monoisotopic (exact) mass is 1720 g/mol. The first-order valence-electron chi connectivity index (χ1n) is 42.0. The van der Waals surface area contributed by atoms with E-state index in [-0.39, 0.29) is 101 Å². The van der Waals surface area contributed by atoms with Gasteiger partial charge in [0.2, 0.25) is 0 Å². The molecule has 0 aliphatic heterocycles. The summed E-state index contributed by atoms with van der Waals surface area (Å²) in [6, 6.07) is 61.8. The van der Waals surface area contributed by atoms with Gasteiger partial charge in [0, 0.05) is 22.6 Å². The van der Waals surface area contributed by atoms with E-state index in [1.165, 1.54) is 32.4 Å². The third-order valence-electron chi connectivity index (χ3n) is 21.0. The number of phenolic OH excluding ortho intramolecular Hbond substituents is 2. The van der Waals surface area contributed by atoms with Crippen LogP contribution in [0.15, 0.2) is 206 Å². The summed E-state index contributed by atoms with van der Waals surface area (Å²) in [6.45, 7) is 27.9. The molecule has 124 heavy (non-hydrogen) atoms. The number of carbonyl (C=O) groups is 4. The van der Waals surface area contributed by atoms with E-state index in [2.05, 4.69) is 118 Å². The summed E-state index contributed by atoms with van der Waals surface area (Å²) in [5.41, 5.74) is 13.6. The van der Waals surface area contributed by atoms with Crippen molar-refractivity contribution in [2.45, 2.75) is 233 Å². The normalized spacial score (nSPS) is 12.0. The van der Waals surface area contributed by atoms with Crippen LogP contribution >= 0.6 is 11.6 Å². The summed E-state index contributed by atoms with van der Waals surface area (Å²) >= 11 is 5.93. The van der Waals surface area contributed by atoms with Crippen molar-refractivity contribution in [3.63, 3.8) is 0 Å². The van der Waals surface area contributed by atoms with Gasteiger partial charge >= 0.3 is 23.9 Å². The maximum absolute atomic E-state index is 14.7. The van der Waals surface area contributed by atoms with E-state index in [1.807, 2.05) is 97.1 Å². The summed E-state index contributed by atoms with van der Waals surface area (Å²) in [5.74, 6) is 1.55. The lowest BCUT2D eigenvalue weighted by atomic mass is 9.81. The van der Waals surface area contributed by atoms with Gasteiger partial charge in [-0.25, -0.2) is 13.2 Å². The highest BCUT2D eigenvalue weighted by atomic mass is 35.5. The van der Waals surface area contributed by atoms with Crippen molar-refractivity contribution in [1.82, 2.24) is 0 Å². The molecule has 0 saturated heterocycles. The zero-order valence-corrected chi connectivity index (χ0v) is 75.6. The van der Waals surface area contributed by atoms with E-state index >= 15 is 0 Å². The molecule has 0 unspecified atom stereocenters. The van der Waals surface area contributed by atoms with Gasteiger partial charge in [-0.2, -0.15) is 0 Å². The van der Waals surface area contributed by atoms with Crippen molar-refractivity contribution in [2.24, 2.45) is 0 Å². The molecule has 10 aromatic rings. The van der Waals surface area contributed by atoms with Crippen LogP contribution < -0.4 is 23.7 Å². The molecule has 0 aromatic heterocycles. The standard InChI is InChI=1S/2C30H35FO4.C18H20ClFO.2C13H18O3.CH4/c2*1-6-8-21(17-29(32)33)22-9-7-10-24(16-22)35-19-20-11-13-25(27(15-20)30(2,3)4)26-18-23(34-5)12-14-28(26)31;1-18(2,3)16-9-12(11-19)5-7-14(16)15-10-13(21-4)6-8-17(15)20;2*1-3-5-10(9-13(15)16-2)11-6-4-7-12(14)8-11;/h2*7,9-16,18,21H,6,8,17,19H2,1-5H3,(H,32,33);5-10H,11H2,1-4H3;2*4,6-8,10,14H,3,5,9H2,1-2H3;1H4/t2*21-;;2*10-;/m10.10./s1. The molecule has 15 nitrogen and oxygen atoms in total. The number of methoxy groups -OCH3 is 5. The fourth-order valence-electron chi connectivity index (χ4n) is 14.7. The van der Waals surface area contributed by atoms with E-state index in [1.54, 1.807) is 94.1 Å². The number of halogens is 4. The zero-order chi connectivity index (χ0) is 90.7. The minimum absolute atomic E-state index is 0. The first-order valence-corrected chi connectivity index (χ1v) is 42.6. The molecule has 0 aliphatic carbocycles. The number of carboxylic acid groups (broad SMARTS) is 2. The Morgan fingerprint density at radius 2 is 0.629 bits per heavy atom. The van der Waals surface area contributed by atoms with Gasteiger partial charge in [0.25, 0.3) is 0 Å². The summed E-state index contributed by atoms with van der Waals surface area (Å²) in [7, 11) is 7.52.